The van der Waals surface area contributed by atoms with Gasteiger partial charge in [-0.1, -0.05) is 32.0 Å². The van der Waals surface area contributed by atoms with E-state index >= 15 is 0 Å². The SMILES string of the molecule is COc1cc(OC)cc(C(=O)N[C@@H](C(=O)Nc2c(C)n(C)n(-c3ccccc3)c2=O)C(C)C)c1. The van der Waals surface area contributed by atoms with Crippen molar-refractivity contribution in [2.24, 2.45) is 13.0 Å². The Morgan fingerprint density at radius 2 is 1.56 bits per heavy atom. The van der Waals surface area contributed by atoms with Crippen molar-refractivity contribution in [3.8, 4) is 17.2 Å². The highest BCUT2D eigenvalue weighted by Crippen LogP contribution is 2.23. The van der Waals surface area contributed by atoms with Crippen LogP contribution in [-0.2, 0) is 11.8 Å². The first-order valence-corrected chi connectivity index (χ1v) is 10.9. The number of carbonyl (C=O) groups excluding carboxylic acids is 2. The van der Waals surface area contributed by atoms with Crippen LogP contribution in [0.2, 0.25) is 0 Å². The summed E-state index contributed by atoms with van der Waals surface area (Å²) in [5.41, 5.74) is 1.37. The third kappa shape index (κ3) is 4.98. The number of amides is 2. The molecule has 1 aromatic heterocycles. The van der Waals surface area contributed by atoms with E-state index in [1.54, 1.807) is 36.9 Å². The van der Waals surface area contributed by atoms with Gasteiger partial charge in [0.05, 0.1) is 25.6 Å². The molecule has 9 nitrogen and oxygen atoms in total. The van der Waals surface area contributed by atoms with Crippen molar-refractivity contribution < 1.29 is 19.1 Å². The fourth-order valence-electron chi connectivity index (χ4n) is 3.61. The highest BCUT2D eigenvalue weighted by atomic mass is 16.5. The summed E-state index contributed by atoms with van der Waals surface area (Å²) in [7, 11) is 4.73. The van der Waals surface area contributed by atoms with Crippen LogP contribution in [0.1, 0.15) is 29.9 Å². The van der Waals surface area contributed by atoms with Gasteiger partial charge in [0, 0.05) is 18.7 Å². The van der Waals surface area contributed by atoms with Crippen LogP contribution in [0.3, 0.4) is 0 Å². The Balaban J connectivity index is 1.87. The van der Waals surface area contributed by atoms with Gasteiger partial charge in [0.1, 0.15) is 23.2 Å². The molecule has 1 atom stereocenters. The van der Waals surface area contributed by atoms with Crippen molar-refractivity contribution in [3.63, 3.8) is 0 Å². The van der Waals surface area contributed by atoms with Gasteiger partial charge < -0.3 is 20.1 Å². The van der Waals surface area contributed by atoms with Crippen LogP contribution >= 0.6 is 0 Å². The summed E-state index contributed by atoms with van der Waals surface area (Å²) in [6.45, 7) is 5.38. The lowest BCUT2D eigenvalue weighted by Crippen LogP contribution is -2.47. The third-order valence-corrected chi connectivity index (χ3v) is 5.65. The van der Waals surface area contributed by atoms with E-state index in [1.807, 2.05) is 44.2 Å². The van der Waals surface area contributed by atoms with Crippen LogP contribution in [0.5, 0.6) is 11.5 Å². The van der Waals surface area contributed by atoms with Gasteiger partial charge in [-0.25, -0.2) is 4.68 Å². The zero-order chi connectivity index (χ0) is 25.0. The quantitative estimate of drug-likeness (QED) is 0.531. The van der Waals surface area contributed by atoms with Gasteiger partial charge in [-0.2, -0.15) is 0 Å². The van der Waals surface area contributed by atoms with Crippen LogP contribution in [0.4, 0.5) is 5.69 Å². The van der Waals surface area contributed by atoms with Crippen LogP contribution < -0.4 is 25.7 Å². The smallest absolute Gasteiger partial charge is 0.295 e. The number of hydrogen-bond donors (Lipinski definition) is 2. The Morgan fingerprint density at radius 3 is 2.09 bits per heavy atom. The number of methoxy groups -OCH3 is 2. The first kappa shape index (κ1) is 24.6. The largest absolute Gasteiger partial charge is 0.497 e. The molecule has 3 aromatic rings. The lowest BCUT2D eigenvalue weighted by molar-refractivity contribution is -0.118. The normalized spacial score (nSPS) is 11.7. The van der Waals surface area contributed by atoms with Crippen molar-refractivity contribution in [3.05, 3.63) is 70.1 Å². The Bertz CT molecular complexity index is 1220. The van der Waals surface area contributed by atoms with Crippen molar-refractivity contribution in [1.82, 2.24) is 14.7 Å². The van der Waals surface area contributed by atoms with Crippen LogP contribution in [-0.4, -0.2) is 41.4 Å². The summed E-state index contributed by atoms with van der Waals surface area (Å²) >= 11 is 0. The van der Waals surface area contributed by atoms with Gasteiger partial charge in [0.2, 0.25) is 5.91 Å². The minimum absolute atomic E-state index is 0.166. The average molecular weight is 467 g/mol. The molecule has 0 saturated heterocycles. The molecule has 0 saturated carbocycles. The van der Waals surface area contributed by atoms with Gasteiger partial charge in [-0.05, 0) is 37.1 Å². The topological polar surface area (TPSA) is 104 Å². The van der Waals surface area contributed by atoms with E-state index in [0.717, 1.165) is 0 Å². The Hall–Kier alpha value is -4.01. The van der Waals surface area contributed by atoms with E-state index in [4.69, 9.17) is 9.47 Å². The summed E-state index contributed by atoms with van der Waals surface area (Å²) in [6, 6.07) is 13.0. The molecular formula is C25H30N4O5. The number of carbonyl (C=O) groups is 2. The molecule has 0 spiro atoms. The van der Waals surface area contributed by atoms with E-state index in [-0.39, 0.29) is 22.7 Å². The van der Waals surface area contributed by atoms with Gasteiger partial charge >= 0.3 is 0 Å². The molecule has 2 amide bonds. The molecular weight excluding hydrogens is 436 g/mol. The number of para-hydroxylation sites is 1. The minimum atomic E-state index is -0.881. The molecule has 0 aliphatic heterocycles. The minimum Gasteiger partial charge on any atom is -0.497 e. The highest BCUT2D eigenvalue weighted by Gasteiger charge is 2.28. The summed E-state index contributed by atoms with van der Waals surface area (Å²) < 4.78 is 13.6. The first-order valence-electron chi connectivity index (χ1n) is 10.9. The van der Waals surface area contributed by atoms with Gasteiger partial charge in [0.25, 0.3) is 11.5 Å². The lowest BCUT2D eigenvalue weighted by Gasteiger charge is -2.21. The number of aromatic nitrogens is 2. The molecule has 2 aromatic carbocycles. The number of rotatable bonds is 8. The fraction of sp³-hybridized carbons (Fsp3) is 0.320. The predicted octanol–water partition coefficient (Wildman–Crippen LogP) is 2.89. The average Bonchev–Trinajstić information content (AvgIpc) is 3.04. The highest BCUT2D eigenvalue weighted by molar-refractivity contribution is 6.01. The number of ether oxygens (including phenoxy) is 2. The molecule has 180 valence electrons. The van der Waals surface area contributed by atoms with Crippen molar-refractivity contribution in [2.45, 2.75) is 26.8 Å². The van der Waals surface area contributed by atoms with E-state index in [9.17, 15) is 14.4 Å². The lowest BCUT2D eigenvalue weighted by atomic mass is 10.0. The summed E-state index contributed by atoms with van der Waals surface area (Å²) in [5.74, 6) is -0.272. The maximum absolute atomic E-state index is 13.2. The zero-order valence-electron chi connectivity index (χ0n) is 20.2. The molecule has 3 rings (SSSR count). The second kappa shape index (κ2) is 10.3. The number of nitrogens with one attached hydrogen (secondary N) is 2. The monoisotopic (exact) mass is 466 g/mol. The Morgan fingerprint density at radius 1 is 0.971 bits per heavy atom. The van der Waals surface area contributed by atoms with Crippen molar-refractivity contribution in [1.29, 1.82) is 0 Å². The van der Waals surface area contributed by atoms with E-state index in [2.05, 4.69) is 10.6 Å². The third-order valence-electron chi connectivity index (χ3n) is 5.65. The molecule has 0 aliphatic rings. The van der Waals surface area contributed by atoms with Crippen LogP contribution in [0.15, 0.2) is 53.3 Å². The molecule has 2 N–H and O–H groups in total. The summed E-state index contributed by atoms with van der Waals surface area (Å²) in [4.78, 5) is 39.3. The fourth-order valence-corrected chi connectivity index (χ4v) is 3.61. The molecule has 0 fully saturated rings. The predicted molar refractivity (Wildman–Crippen MR) is 130 cm³/mol. The van der Waals surface area contributed by atoms with E-state index < -0.39 is 17.9 Å². The van der Waals surface area contributed by atoms with Crippen molar-refractivity contribution in [2.75, 3.05) is 19.5 Å². The maximum atomic E-state index is 13.2. The molecule has 0 unspecified atom stereocenters. The number of anilines is 1. The maximum Gasteiger partial charge on any atom is 0.295 e. The number of benzene rings is 2. The van der Waals surface area contributed by atoms with Gasteiger partial charge in [-0.15, -0.1) is 0 Å². The van der Waals surface area contributed by atoms with Crippen LogP contribution in [0, 0.1) is 12.8 Å². The second-order valence-corrected chi connectivity index (χ2v) is 8.22. The number of hydrogen-bond acceptors (Lipinski definition) is 5. The molecule has 9 heteroatoms. The van der Waals surface area contributed by atoms with Crippen molar-refractivity contribution >= 4 is 17.5 Å². The molecule has 0 radical (unpaired) electrons. The summed E-state index contributed by atoms with van der Waals surface area (Å²) in [6.07, 6.45) is 0. The van der Waals surface area contributed by atoms with Gasteiger partial charge in [0.15, 0.2) is 0 Å². The summed E-state index contributed by atoms with van der Waals surface area (Å²) in [5, 5.41) is 5.51. The zero-order valence-corrected chi connectivity index (χ0v) is 20.2. The molecule has 0 aliphatic carbocycles. The molecule has 34 heavy (non-hydrogen) atoms. The van der Waals surface area contributed by atoms with Gasteiger partial charge in [-0.3, -0.25) is 19.1 Å². The molecule has 0 bridgehead atoms. The number of nitrogens with zero attached hydrogens (tertiary/aromatic N) is 2. The van der Waals surface area contributed by atoms with Crippen LogP contribution in [0.25, 0.3) is 5.69 Å². The molecule has 1 heterocycles. The van der Waals surface area contributed by atoms with E-state index in [1.165, 1.54) is 18.9 Å². The Labute approximate surface area is 198 Å². The Kier molecular flexibility index (Phi) is 7.45. The standard InChI is InChI=1S/C25H30N4O5/c1-15(2)21(26-23(30)17-12-19(33-5)14-20(13-17)34-6)24(31)27-22-16(3)28(4)29(25(22)32)18-10-8-7-9-11-18/h7-15,21H,1-6H3,(H,26,30)(H,27,31)/t21-/m1/s1. The van der Waals surface area contributed by atoms with E-state index in [0.29, 0.717) is 22.9 Å². The second-order valence-electron chi connectivity index (χ2n) is 8.22. The first-order chi connectivity index (χ1) is 16.2.